The molecule has 1 aliphatic rings. The SMILES string of the molecule is CN(Cc1cccc(C(=O)NN)c1)C1CCSC1. The van der Waals surface area contributed by atoms with Crippen molar-refractivity contribution >= 4 is 17.7 Å². The number of hydrogen-bond donors (Lipinski definition) is 2. The van der Waals surface area contributed by atoms with Gasteiger partial charge in [-0.1, -0.05) is 12.1 Å². The maximum absolute atomic E-state index is 11.5. The molecule has 3 N–H and O–H groups in total. The maximum Gasteiger partial charge on any atom is 0.265 e. The number of amides is 1. The Labute approximate surface area is 112 Å². The Morgan fingerprint density at radius 2 is 2.44 bits per heavy atom. The van der Waals surface area contributed by atoms with Gasteiger partial charge < -0.3 is 0 Å². The molecule has 5 heteroatoms. The molecule has 0 aliphatic carbocycles. The van der Waals surface area contributed by atoms with Gasteiger partial charge in [0.15, 0.2) is 0 Å². The summed E-state index contributed by atoms with van der Waals surface area (Å²) in [5, 5.41) is 0. The van der Waals surface area contributed by atoms with Gasteiger partial charge in [0.05, 0.1) is 0 Å². The molecule has 98 valence electrons. The van der Waals surface area contributed by atoms with E-state index in [1.54, 1.807) is 6.07 Å². The van der Waals surface area contributed by atoms with Crippen LogP contribution in [-0.4, -0.2) is 35.4 Å². The monoisotopic (exact) mass is 265 g/mol. The molecule has 4 nitrogen and oxygen atoms in total. The van der Waals surface area contributed by atoms with Gasteiger partial charge in [0.1, 0.15) is 0 Å². The fourth-order valence-corrected chi connectivity index (χ4v) is 3.48. The highest BCUT2D eigenvalue weighted by molar-refractivity contribution is 7.99. The Hall–Kier alpha value is -1.04. The van der Waals surface area contributed by atoms with E-state index in [1.807, 2.05) is 30.0 Å². The lowest BCUT2D eigenvalue weighted by Crippen LogP contribution is -2.31. The average Bonchev–Trinajstić information content (AvgIpc) is 2.92. The first-order chi connectivity index (χ1) is 8.70. The number of nitrogens with one attached hydrogen (secondary N) is 1. The average molecular weight is 265 g/mol. The van der Waals surface area contributed by atoms with Crippen LogP contribution in [-0.2, 0) is 6.54 Å². The van der Waals surface area contributed by atoms with Crippen molar-refractivity contribution in [3.05, 3.63) is 35.4 Å². The van der Waals surface area contributed by atoms with Crippen LogP contribution in [0.5, 0.6) is 0 Å². The van der Waals surface area contributed by atoms with Crippen LogP contribution in [0.3, 0.4) is 0 Å². The summed E-state index contributed by atoms with van der Waals surface area (Å²) in [6.45, 7) is 0.872. The van der Waals surface area contributed by atoms with E-state index >= 15 is 0 Å². The predicted octanol–water partition coefficient (Wildman–Crippen LogP) is 1.23. The fourth-order valence-electron chi connectivity index (χ4n) is 2.18. The van der Waals surface area contributed by atoms with Crippen molar-refractivity contribution in [1.82, 2.24) is 10.3 Å². The third-order valence-corrected chi connectivity index (χ3v) is 4.43. The molecule has 1 unspecified atom stereocenters. The van der Waals surface area contributed by atoms with Crippen molar-refractivity contribution in [3.63, 3.8) is 0 Å². The Kier molecular flexibility index (Phi) is 4.63. The molecular formula is C13H19N3OS. The van der Waals surface area contributed by atoms with Crippen molar-refractivity contribution in [3.8, 4) is 0 Å². The Morgan fingerprint density at radius 1 is 1.61 bits per heavy atom. The number of hydrogen-bond acceptors (Lipinski definition) is 4. The first-order valence-corrected chi connectivity index (χ1v) is 7.24. The standard InChI is InChI=1S/C13H19N3OS/c1-16(12-5-6-18-9-12)8-10-3-2-4-11(7-10)13(17)15-14/h2-4,7,12H,5-6,8-9,14H2,1H3,(H,15,17). The van der Waals surface area contributed by atoms with Gasteiger partial charge in [-0.2, -0.15) is 11.8 Å². The summed E-state index contributed by atoms with van der Waals surface area (Å²) in [5.41, 5.74) is 3.92. The highest BCUT2D eigenvalue weighted by Gasteiger charge is 2.20. The van der Waals surface area contributed by atoms with Gasteiger partial charge in [-0.3, -0.25) is 15.1 Å². The molecule has 0 saturated carbocycles. The van der Waals surface area contributed by atoms with Crippen molar-refractivity contribution in [1.29, 1.82) is 0 Å². The van der Waals surface area contributed by atoms with E-state index in [0.717, 1.165) is 12.1 Å². The van der Waals surface area contributed by atoms with Gasteiger partial charge in [-0.05, 0) is 36.9 Å². The topological polar surface area (TPSA) is 58.4 Å². The summed E-state index contributed by atoms with van der Waals surface area (Å²) in [5.74, 6) is 7.36. The van der Waals surface area contributed by atoms with E-state index in [4.69, 9.17) is 5.84 Å². The summed E-state index contributed by atoms with van der Waals surface area (Å²) in [4.78, 5) is 13.8. The lowest BCUT2D eigenvalue weighted by atomic mass is 10.1. The smallest absolute Gasteiger partial charge is 0.265 e. The lowest BCUT2D eigenvalue weighted by Gasteiger charge is -2.23. The van der Waals surface area contributed by atoms with Crippen LogP contribution >= 0.6 is 11.8 Å². The second-order valence-electron chi connectivity index (χ2n) is 4.61. The largest absolute Gasteiger partial charge is 0.298 e. The number of carbonyl (C=O) groups is 1. The van der Waals surface area contributed by atoms with Crippen molar-refractivity contribution < 1.29 is 4.79 Å². The number of carbonyl (C=O) groups excluding carboxylic acids is 1. The molecule has 1 fully saturated rings. The minimum atomic E-state index is -0.240. The summed E-state index contributed by atoms with van der Waals surface area (Å²) in [7, 11) is 2.15. The van der Waals surface area contributed by atoms with Gasteiger partial charge >= 0.3 is 0 Å². The minimum Gasteiger partial charge on any atom is -0.298 e. The molecule has 1 amide bonds. The number of nitrogen functional groups attached to an aromatic ring is 1. The number of hydrazine groups is 1. The molecule has 0 aromatic heterocycles. The minimum absolute atomic E-state index is 0.240. The van der Waals surface area contributed by atoms with Crippen LogP contribution in [0, 0.1) is 0 Å². The van der Waals surface area contributed by atoms with E-state index in [1.165, 1.54) is 17.9 Å². The second kappa shape index (κ2) is 6.22. The Balaban J connectivity index is 2.02. The second-order valence-corrected chi connectivity index (χ2v) is 5.76. The van der Waals surface area contributed by atoms with E-state index in [-0.39, 0.29) is 5.91 Å². The molecule has 2 rings (SSSR count). The molecule has 0 spiro atoms. The molecule has 1 saturated heterocycles. The highest BCUT2D eigenvalue weighted by Crippen LogP contribution is 2.22. The molecule has 1 aromatic rings. The molecule has 1 heterocycles. The number of benzene rings is 1. The van der Waals surface area contributed by atoms with Crippen molar-refractivity contribution in [2.45, 2.75) is 19.0 Å². The van der Waals surface area contributed by atoms with Gasteiger partial charge in [-0.15, -0.1) is 0 Å². The molecule has 1 aliphatic heterocycles. The van der Waals surface area contributed by atoms with Gasteiger partial charge in [0, 0.05) is 23.9 Å². The molecule has 1 atom stereocenters. The maximum atomic E-state index is 11.5. The van der Waals surface area contributed by atoms with Crippen molar-refractivity contribution in [2.75, 3.05) is 18.6 Å². The van der Waals surface area contributed by atoms with Crippen LogP contribution in [0.25, 0.3) is 0 Å². The number of nitrogens with two attached hydrogens (primary N) is 1. The lowest BCUT2D eigenvalue weighted by molar-refractivity contribution is 0.0953. The predicted molar refractivity (Wildman–Crippen MR) is 75.3 cm³/mol. The van der Waals surface area contributed by atoms with E-state index < -0.39 is 0 Å². The zero-order valence-electron chi connectivity index (χ0n) is 10.6. The Bertz CT molecular complexity index is 418. The Morgan fingerprint density at radius 3 is 3.11 bits per heavy atom. The van der Waals surface area contributed by atoms with Crippen LogP contribution in [0.2, 0.25) is 0 Å². The quantitative estimate of drug-likeness (QED) is 0.488. The first kappa shape index (κ1) is 13.4. The van der Waals surface area contributed by atoms with Gasteiger partial charge in [0.25, 0.3) is 5.91 Å². The van der Waals surface area contributed by atoms with Crippen molar-refractivity contribution in [2.24, 2.45) is 5.84 Å². The van der Waals surface area contributed by atoms with E-state index in [0.29, 0.717) is 11.6 Å². The first-order valence-electron chi connectivity index (χ1n) is 6.08. The number of rotatable bonds is 4. The van der Waals surface area contributed by atoms with Crippen LogP contribution in [0.1, 0.15) is 22.3 Å². The summed E-state index contributed by atoms with van der Waals surface area (Å²) < 4.78 is 0. The number of thioether (sulfide) groups is 1. The third kappa shape index (κ3) is 3.25. The molecule has 18 heavy (non-hydrogen) atoms. The summed E-state index contributed by atoms with van der Waals surface area (Å²) in [6.07, 6.45) is 1.25. The summed E-state index contributed by atoms with van der Waals surface area (Å²) in [6, 6.07) is 8.28. The van der Waals surface area contributed by atoms with Gasteiger partial charge in [0.2, 0.25) is 0 Å². The van der Waals surface area contributed by atoms with Crippen LogP contribution in [0.15, 0.2) is 24.3 Å². The third-order valence-electron chi connectivity index (χ3n) is 3.28. The van der Waals surface area contributed by atoms with E-state index in [2.05, 4.69) is 17.4 Å². The van der Waals surface area contributed by atoms with Crippen LogP contribution < -0.4 is 11.3 Å². The highest BCUT2D eigenvalue weighted by atomic mass is 32.2. The number of nitrogens with zero attached hydrogens (tertiary/aromatic N) is 1. The zero-order chi connectivity index (χ0) is 13.0. The summed E-state index contributed by atoms with van der Waals surface area (Å²) >= 11 is 2.01. The fraction of sp³-hybridized carbons (Fsp3) is 0.462. The van der Waals surface area contributed by atoms with E-state index in [9.17, 15) is 4.79 Å². The molecule has 0 radical (unpaired) electrons. The molecule has 1 aromatic carbocycles. The molecular weight excluding hydrogens is 246 g/mol. The van der Waals surface area contributed by atoms with Crippen LogP contribution in [0.4, 0.5) is 0 Å². The normalized spacial score (nSPS) is 19.2. The molecule has 0 bridgehead atoms. The van der Waals surface area contributed by atoms with Gasteiger partial charge in [-0.25, -0.2) is 5.84 Å². The zero-order valence-corrected chi connectivity index (χ0v) is 11.4.